The van der Waals surface area contributed by atoms with Crippen LogP contribution in [0.2, 0.25) is 0 Å². The van der Waals surface area contributed by atoms with E-state index in [1.807, 2.05) is 24.3 Å². The van der Waals surface area contributed by atoms with Gasteiger partial charge in [-0.3, -0.25) is 9.78 Å². The highest BCUT2D eigenvalue weighted by atomic mass is 16.5. The molecule has 5 nitrogen and oxygen atoms in total. The first-order chi connectivity index (χ1) is 10.6. The fourth-order valence-corrected chi connectivity index (χ4v) is 1.67. The molecule has 0 spiro atoms. The molecule has 1 aromatic heterocycles. The highest BCUT2D eigenvalue weighted by molar-refractivity contribution is 5.94. The van der Waals surface area contributed by atoms with Gasteiger partial charge in [0.25, 0.3) is 5.91 Å². The van der Waals surface area contributed by atoms with Crippen LogP contribution in [0.15, 0.2) is 53.9 Å². The fraction of sp³-hybridized carbons (Fsp3) is 0.235. The molecular weight excluding hydrogens is 278 g/mol. The summed E-state index contributed by atoms with van der Waals surface area (Å²) in [6, 6.07) is 10.9. The van der Waals surface area contributed by atoms with Crippen molar-refractivity contribution in [2.75, 3.05) is 6.61 Å². The van der Waals surface area contributed by atoms with Crippen LogP contribution in [-0.2, 0) is 0 Å². The summed E-state index contributed by atoms with van der Waals surface area (Å²) >= 11 is 0. The summed E-state index contributed by atoms with van der Waals surface area (Å²) in [6.07, 6.45) is 4.68. The topological polar surface area (TPSA) is 63.6 Å². The van der Waals surface area contributed by atoms with Gasteiger partial charge < -0.3 is 4.74 Å². The lowest BCUT2D eigenvalue weighted by molar-refractivity contribution is 0.0955. The van der Waals surface area contributed by atoms with E-state index in [2.05, 4.69) is 29.4 Å². The molecule has 0 atom stereocenters. The Hall–Kier alpha value is -2.69. The van der Waals surface area contributed by atoms with Crippen molar-refractivity contribution in [3.05, 3.63) is 59.9 Å². The number of carbonyl (C=O) groups excluding carboxylic acids is 1. The van der Waals surface area contributed by atoms with Crippen molar-refractivity contribution in [3.63, 3.8) is 0 Å². The van der Waals surface area contributed by atoms with E-state index in [0.29, 0.717) is 18.1 Å². The Morgan fingerprint density at radius 2 is 2.23 bits per heavy atom. The SMILES string of the molecule is CC(C)COc1cccc(/C=N\NC(=O)c2cccnc2)c1. The fourth-order valence-electron chi connectivity index (χ4n) is 1.67. The third-order valence-electron chi connectivity index (χ3n) is 2.74. The second kappa shape index (κ2) is 7.93. The predicted molar refractivity (Wildman–Crippen MR) is 86.1 cm³/mol. The Kier molecular flexibility index (Phi) is 5.65. The van der Waals surface area contributed by atoms with Gasteiger partial charge in [0.1, 0.15) is 5.75 Å². The molecule has 2 rings (SSSR count). The van der Waals surface area contributed by atoms with Gasteiger partial charge >= 0.3 is 0 Å². The number of carbonyl (C=O) groups is 1. The molecule has 114 valence electrons. The predicted octanol–water partition coefficient (Wildman–Crippen LogP) is 2.88. The highest BCUT2D eigenvalue weighted by Crippen LogP contribution is 2.13. The Morgan fingerprint density at radius 3 is 2.95 bits per heavy atom. The number of nitrogens with zero attached hydrogens (tertiary/aromatic N) is 2. The number of rotatable bonds is 6. The summed E-state index contributed by atoms with van der Waals surface area (Å²) in [5.74, 6) is 0.962. The molecule has 1 aromatic carbocycles. The Morgan fingerprint density at radius 1 is 1.36 bits per heavy atom. The summed E-state index contributed by atoms with van der Waals surface area (Å²) in [5, 5.41) is 3.95. The van der Waals surface area contributed by atoms with Crippen LogP contribution in [0.4, 0.5) is 0 Å². The van der Waals surface area contributed by atoms with Gasteiger partial charge in [-0.1, -0.05) is 26.0 Å². The molecule has 5 heteroatoms. The molecule has 1 N–H and O–H groups in total. The maximum atomic E-state index is 11.8. The molecule has 0 saturated heterocycles. The summed E-state index contributed by atoms with van der Waals surface area (Å²) in [4.78, 5) is 15.7. The van der Waals surface area contributed by atoms with Crippen LogP contribution >= 0.6 is 0 Å². The second-order valence-electron chi connectivity index (χ2n) is 5.22. The van der Waals surface area contributed by atoms with Crippen molar-refractivity contribution in [2.45, 2.75) is 13.8 Å². The molecule has 0 fully saturated rings. The van der Waals surface area contributed by atoms with Crippen LogP contribution in [0.5, 0.6) is 5.75 Å². The molecule has 22 heavy (non-hydrogen) atoms. The summed E-state index contributed by atoms with van der Waals surface area (Å²) < 4.78 is 5.65. The molecular formula is C17H19N3O2. The summed E-state index contributed by atoms with van der Waals surface area (Å²) in [5.41, 5.74) is 3.79. The molecule has 0 saturated carbocycles. The summed E-state index contributed by atoms with van der Waals surface area (Å²) in [6.45, 7) is 4.86. The van der Waals surface area contributed by atoms with Crippen LogP contribution < -0.4 is 10.2 Å². The second-order valence-corrected chi connectivity index (χ2v) is 5.22. The third-order valence-corrected chi connectivity index (χ3v) is 2.74. The number of pyridine rings is 1. The molecule has 0 aliphatic heterocycles. The van der Waals surface area contributed by atoms with E-state index >= 15 is 0 Å². The lowest BCUT2D eigenvalue weighted by Gasteiger charge is -2.08. The van der Waals surface area contributed by atoms with E-state index in [4.69, 9.17) is 4.74 Å². The molecule has 1 amide bonds. The average Bonchev–Trinajstić information content (AvgIpc) is 2.54. The van der Waals surface area contributed by atoms with Crippen molar-refractivity contribution in [2.24, 2.45) is 11.0 Å². The summed E-state index contributed by atoms with van der Waals surface area (Å²) in [7, 11) is 0. The van der Waals surface area contributed by atoms with Crippen molar-refractivity contribution in [1.82, 2.24) is 10.4 Å². The number of aromatic nitrogens is 1. The smallest absolute Gasteiger partial charge is 0.272 e. The third kappa shape index (κ3) is 5.01. The maximum absolute atomic E-state index is 11.8. The quantitative estimate of drug-likeness (QED) is 0.658. The van der Waals surface area contributed by atoms with Crippen LogP contribution in [-0.4, -0.2) is 23.7 Å². The molecule has 0 aliphatic rings. The number of benzene rings is 1. The molecule has 1 heterocycles. The number of ether oxygens (including phenoxy) is 1. The normalized spacial score (nSPS) is 10.9. The Balaban J connectivity index is 1.93. The zero-order valence-electron chi connectivity index (χ0n) is 12.7. The minimum absolute atomic E-state index is 0.295. The van der Waals surface area contributed by atoms with E-state index in [1.165, 1.54) is 6.20 Å². The lowest BCUT2D eigenvalue weighted by Crippen LogP contribution is -2.17. The standard InChI is InChI=1S/C17H19N3O2/c1-13(2)12-22-16-7-3-5-14(9-16)10-19-20-17(21)15-6-4-8-18-11-15/h3-11,13H,12H2,1-2H3,(H,20,21)/b19-10-. The lowest BCUT2D eigenvalue weighted by atomic mass is 10.2. The van der Waals surface area contributed by atoms with Crippen molar-refractivity contribution in [1.29, 1.82) is 0 Å². The van der Waals surface area contributed by atoms with Crippen LogP contribution in [0.1, 0.15) is 29.8 Å². The van der Waals surface area contributed by atoms with E-state index in [9.17, 15) is 4.79 Å². The minimum Gasteiger partial charge on any atom is -0.493 e. The monoisotopic (exact) mass is 297 g/mol. The number of amides is 1. The first kappa shape index (κ1) is 15.7. The van der Waals surface area contributed by atoms with E-state index in [0.717, 1.165) is 11.3 Å². The van der Waals surface area contributed by atoms with Gasteiger partial charge in [0.05, 0.1) is 18.4 Å². The van der Waals surface area contributed by atoms with Gasteiger partial charge in [0.2, 0.25) is 0 Å². The maximum Gasteiger partial charge on any atom is 0.272 e. The van der Waals surface area contributed by atoms with Gasteiger partial charge in [-0.2, -0.15) is 5.10 Å². The first-order valence-electron chi connectivity index (χ1n) is 7.11. The van der Waals surface area contributed by atoms with Gasteiger partial charge in [-0.15, -0.1) is 0 Å². The molecule has 0 bridgehead atoms. The van der Waals surface area contributed by atoms with Crippen LogP contribution in [0.25, 0.3) is 0 Å². The Bertz CT molecular complexity index is 639. The number of hydrazone groups is 1. The molecule has 0 aliphatic carbocycles. The van der Waals surface area contributed by atoms with E-state index in [1.54, 1.807) is 24.5 Å². The van der Waals surface area contributed by atoms with Crippen molar-refractivity contribution in [3.8, 4) is 5.75 Å². The van der Waals surface area contributed by atoms with Crippen LogP contribution in [0.3, 0.4) is 0 Å². The van der Waals surface area contributed by atoms with Gasteiger partial charge in [-0.05, 0) is 35.7 Å². The molecule has 2 aromatic rings. The molecule has 0 radical (unpaired) electrons. The van der Waals surface area contributed by atoms with Crippen molar-refractivity contribution < 1.29 is 9.53 Å². The van der Waals surface area contributed by atoms with Crippen molar-refractivity contribution >= 4 is 12.1 Å². The minimum atomic E-state index is -0.295. The zero-order valence-corrected chi connectivity index (χ0v) is 12.7. The zero-order chi connectivity index (χ0) is 15.8. The number of nitrogens with one attached hydrogen (secondary N) is 1. The van der Waals surface area contributed by atoms with E-state index < -0.39 is 0 Å². The largest absolute Gasteiger partial charge is 0.493 e. The Labute approximate surface area is 130 Å². The molecule has 0 unspecified atom stereocenters. The average molecular weight is 297 g/mol. The number of hydrogen-bond donors (Lipinski definition) is 1. The highest BCUT2D eigenvalue weighted by Gasteiger charge is 2.02. The van der Waals surface area contributed by atoms with Crippen LogP contribution in [0, 0.1) is 5.92 Å². The van der Waals surface area contributed by atoms with Gasteiger partial charge in [0, 0.05) is 12.4 Å². The van der Waals surface area contributed by atoms with Gasteiger partial charge in [0.15, 0.2) is 0 Å². The number of hydrogen-bond acceptors (Lipinski definition) is 4. The van der Waals surface area contributed by atoms with E-state index in [-0.39, 0.29) is 5.91 Å². The first-order valence-corrected chi connectivity index (χ1v) is 7.11. The van der Waals surface area contributed by atoms with Gasteiger partial charge in [-0.25, -0.2) is 5.43 Å².